The van der Waals surface area contributed by atoms with Crippen LogP contribution in [0.15, 0.2) is 16.8 Å². The summed E-state index contributed by atoms with van der Waals surface area (Å²) in [6.07, 6.45) is 2.17. The fourth-order valence-electron chi connectivity index (χ4n) is 2.47. The van der Waals surface area contributed by atoms with Crippen LogP contribution in [0.4, 0.5) is 4.79 Å². The molecule has 6 heteroatoms. The highest BCUT2D eigenvalue weighted by molar-refractivity contribution is 7.07. The van der Waals surface area contributed by atoms with Crippen molar-refractivity contribution in [3.8, 4) is 0 Å². The van der Waals surface area contributed by atoms with Gasteiger partial charge in [-0.2, -0.15) is 11.3 Å². The van der Waals surface area contributed by atoms with Gasteiger partial charge in [-0.25, -0.2) is 9.59 Å². The number of urea groups is 1. The van der Waals surface area contributed by atoms with Crippen LogP contribution in [0.5, 0.6) is 0 Å². The second kappa shape index (κ2) is 6.74. The number of nitrogens with zero attached hydrogens (tertiary/aromatic N) is 1. The van der Waals surface area contributed by atoms with Gasteiger partial charge in [-0.1, -0.05) is 6.92 Å². The fourth-order valence-corrected chi connectivity index (χ4v) is 3.17. The van der Waals surface area contributed by atoms with E-state index in [1.807, 2.05) is 18.4 Å². The van der Waals surface area contributed by atoms with Gasteiger partial charge in [0.15, 0.2) is 0 Å². The summed E-state index contributed by atoms with van der Waals surface area (Å²) in [5, 5.41) is 16.1. The van der Waals surface area contributed by atoms with Crippen molar-refractivity contribution in [2.75, 3.05) is 13.1 Å². The molecule has 1 aromatic rings. The van der Waals surface area contributed by atoms with Gasteiger partial charge in [0.2, 0.25) is 0 Å². The molecule has 0 bridgehead atoms. The molecule has 2 atom stereocenters. The van der Waals surface area contributed by atoms with Gasteiger partial charge >= 0.3 is 12.0 Å². The third kappa shape index (κ3) is 3.72. The summed E-state index contributed by atoms with van der Waals surface area (Å²) < 4.78 is 0. The minimum absolute atomic E-state index is 0.264. The van der Waals surface area contributed by atoms with Crippen LogP contribution in [0, 0.1) is 5.92 Å². The minimum atomic E-state index is -0.912. The SMILES string of the molecule is CC1CCN(C(=O)NCCc2ccsc2)C(C(=O)O)C1. The number of amides is 2. The summed E-state index contributed by atoms with van der Waals surface area (Å²) in [4.78, 5) is 24.8. The first-order chi connectivity index (χ1) is 9.58. The van der Waals surface area contributed by atoms with Crippen LogP contribution >= 0.6 is 11.3 Å². The molecule has 0 aliphatic carbocycles. The highest BCUT2D eigenvalue weighted by atomic mass is 32.1. The third-order valence-corrected chi connectivity index (χ3v) is 4.41. The zero-order valence-electron chi connectivity index (χ0n) is 11.5. The largest absolute Gasteiger partial charge is 0.480 e. The molecule has 0 aromatic carbocycles. The maximum Gasteiger partial charge on any atom is 0.326 e. The molecule has 2 unspecified atom stereocenters. The number of carbonyl (C=O) groups excluding carboxylic acids is 1. The van der Waals surface area contributed by atoms with Crippen molar-refractivity contribution >= 4 is 23.3 Å². The molecule has 1 aliphatic rings. The maximum absolute atomic E-state index is 12.1. The Hall–Kier alpha value is -1.56. The van der Waals surface area contributed by atoms with Crippen molar-refractivity contribution in [3.05, 3.63) is 22.4 Å². The lowest BCUT2D eigenvalue weighted by Gasteiger charge is -2.35. The van der Waals surface area contributed by atoms with Crippen molar-refractivity contribution in [1.82, 2.24) is 10.2 Å². The van der Waals surface area contributed by atoms with E-state index in [4.69, 9.17) is 0 Å². The minimum Gasteiger partial charge on any atom is -0.480 e. The van der Waals surface area contributed by atoms with E-state index in [0.717, 1.165) is 12.8 Å². The normalized spacial score (nSPS) is 22.6. The summed E-state index contributed by atoms with van der Waals surface area (Å²) in [7, 11) is 0. The lowest BCUT2D eigenvalue weighted by molar-refractivity contribution is -0.143. The van der Waals surface area contributed by atoms with E-state index < -0.39 is 12.0 Å². The van der Waals surface area contributed by atoms with E-state index in [2.05, 4.69) is 10.7 Å². The van der Waals surface area contributed by atoms with E-state index in [0.29, 0.717) is 25.4 Å². The van der Waals surface area contributed by atoms with Crippen molar-refractivity contribution < 1.29 is 14.7 Å². The second-order valence-electron chi connectivity index (χ2n) is 5.29. The summed E-state index contributed by atoms with van der Waals surface area (Å²) in [5.41, 5.74) is 1.19. The van der Waals surface area contributed by atoms with Crippen LogP contribution in [0.3, 0.4) is 0 Å². The van der Waals surface area contributed by atoms with Crippen LogP contribution in [0.1, 0.15) is 25.3 Å². The Morgan fingerprint density at radius 3 is 3.00 bits per heavy atom. The number of aliphatic carboxylic acids is 1. The third-order valence-electron chi connectivity index (χ3n) is 3.68. The van der Waals surface area contributed by atoms with Crippen molar-refractivity contribution in [1.29, 1.82) is 0 Å². The van der Waals surface area contributed by atoms with Gasteiger partial charge in [0.1, 0.15) is 6.04 Å². The predicted octanol–water partition coefficient (Wildman–Crippen LogP) is 2.19. The Morgan fingerprint density at radius 1 is 1.55 bits per heavy atom. The molecule has 1 aliphatic heterocycles. The molecule has 0 spiro atoms. The zero-order valence-corrected chi connectivity index (χ0v) is 12.4. The molecule has 0 radical (unpaired) electrons. The monoisotopic (exact) mass is 296 g/mol. The number of nitrogens with one attached hydrogen (secondary N) is 1. The Morgan fingerprint density at radius 2 is 2.35 bits per heavy atom. The first-order valence-electron chi connectivity index (χ1n) is 6.86. The number of hydrogen-bond donors (Lipinski definition) is 2. The lowest BCUT2D eigenvalue weighted by Crippen LogP contribution is -2.53. The van der Waals surface area contributed by atoms with Crippen LogP contribution in [0.2, 0.25) is 0 Å². The van der Waals surface area contributed by atoms with E-state index in [-0.39, 0.29) is 6.03 Å². The number of piperidine rings is 1. The van der Waals surface area contributed by atoms with E-state index in [9.17, 15) is 14.7 Å². The number of rotatable bonds is 4. The zero-order chi connectivity index (χ0) is 14.5. The molecule has 2 rings (SSSR count). The highest BCUT2D eigenvalue weighted by Crippen LogP contribution is 2.22. The fraction of sp³-hybridized carbons (Fsp3) is 0.571. The standard InChI is InChI=1S/C14H20N2O3S/c1-10-3-6-16(12(8-10)13(17)18)14(19)15-5-2-11-4-7-20-9-11/h4,7,9-10,12H,2-3,5-6,8H2,1H3,(H,15,19)(H,17,18). The predicted molar refractivity (Wildman–Crippen MR) is 77.9 cm³/mol. The smallest absolute Gasteiger partial charge is 0.326 e. The first kappa shape index (κ1) is 14.8. The Balaban J connectivity index is 1.85. The van der Waals surface area contributed by atoms with E-state index >= 15 is 0 Å². The van der Waals surface area contributed by atoms with Gasteiger partial charge in [-0.05, 0) is 47.6 Å². The van der Waals surface area contributed by atoms with Gasteiger partial charge in [0.25, 0.3) is 0 Å². The molecule has 110 valence electrons. The number of thiophene rings is 1. The van der Waals surface area contributed by atoms with Crippen LogP contribution < -0.4 is 5.32 Å². The number of carboxylic acids is 1. The van der Waals surface area contributed by atoms with Crippen LogP contribution in [0.25, 0.3) is 0 Å². The first-order valence-corrected chi connectivity index (χ1v) is 7.80. The number of likely N-dealkylation sites (tertiary alicyclic amines) is 1. The van der Waals surface area contributed by atoms with Crippen LogP contribution in [-0.2, 0) is 11.2 Å². The number of hydrogen-bond acceptors (Lipinski definition) is 3. The van der Waals surface area contributed by atoms with Gasteiger partial charge in [0.05, 0.1) is 0 Å². The molecule has 5 nitrogen and oxygen atoms in total. The molecule has 1 saturated heterocycles. The summed E-state index contributed by atoms with van der Waals surface area (Å²) in [6.45, 7) is 3.08. The molecule has 0 saturated carbocycles. The summed E-state index contributed by atoms with van der Waals surface area (Å²) >= 11 is 1.63. The van der Waals surface area contributed by atoms with Gasteiger partial charge in [-0.15, -0.1) is 0 Å². The van der Waals surface area contributed by atoms with Crippen molar-refractivity contribution in [2.45, 2.75) is 32.2 Å². The quantitative estimate of drug-likeness (QED) is 0.894. The van der Waals surface area contributed by atoms with Crippen molar-refractivity contribution in [3.63, 3.8) is 0 Å². The molecule has 2 heterocycles. The number of carbonyl (C=O) groups is 2. The Labute approximate surface area is 122 Å². The second-order valence-corrected chi connectivity index (χ2v) is 6.07. The van der Waals surface area contributed by atoms with E-state index in [1.54, 1.807) is 11.3 Å². The van der Waals surface area contributed by atoms with Gasteiger partial charge in [-0.3, -0.25) is 0 Å². The maximum atomic E-state index is 12.1. The Bertz CT molecular complexity index is 461. The molecular formula is C14H20N2O3S. The van der Waals surface area contributed by atoms with Crippen LogP contribution in [-0.4, -0.2) is 41.1 Å². The molecule has 2 N–H and O–H groups in total. The highest BCUT2D eigenvalue weighted by Gasteiger charge is 2.34. The lowest BCUT2D eigenvalue weighted by atomic mass is 9.93. The molecule has 1 fully saturated rings. The number of carboxylic acid groups (broad SMARTS) is 1. The molecular weight excluding hydrogens is 276 g/mol. The van der Waals surface area contributed by atoms with E-state index in [1.165, 1.54) is 10.5 Å². The molecule has 20 heavy (non-hydrogen) atoms. The van der Waals surface area contributed by atoms with Gasteiger partial charge in [0, 0.05) is 13.1 Å². The van der Waals surface area contributed by atoms with Crippen molar-refractivity contribution in [2.24, 2.45) is 5.92 Å². The topological polar surface area (TPSA) is 69.6 Å². The van der Waals surface area contributed by atoms with Gasteiger partial charge < -0.3 is 15.3 Å². The average molecular weight is 296 g/mol. The average Bonchev–Trinajstić information content (AvgIpc) is 2.91. The molecule has 2 amide bonds. The molecule has 1 aromatic heterocycles. The summed E-state index contributed by atoms with van der Waals surface area (Å²) in [6, 6.07) is 1.07. The summed E-state index contributed by atoms with van der Waals surface area (Å²) in [5.74, 6) is -0.560. The Kier molecular flexibility index (Phi) is 5.00.